The number of terminal acetylenes is 2. The van der Waals surface area contributed by atoms with E-state index in [1.807, 2.05) is 48.5 Å². The van der Waals surface area contributed by atoms with Gasteiger partial charge in [-0.3, -0.25) is 14.8 Å². The minimum atomic E-state index is -2.66. The van der Waals surface area contributed by atoms with Crippen molar-refractivity contribution in [3.63, 3.8) is 0 Å². The van der Waals surface area contributed by atoms with Gasteiger partial charge in [-0.05, 0) is 81.1 Å². The predicted molar refractivity (Wildman–Crippen MR) is 251 cm³/mol. The third-order valence-corrected chi connectivity index (χ3v) is 9.72. The van der Waals surface area contributed by atoms with Crippen LogP contribution in [0.15, 0.2) is 85.5 Å². The van der Waals surface area contributed by atoms with E-state index in [9.17, 15) is 9.59 Å². The van der Waals surface area contributed by atoms with Crippen LogP contribution in [0.4, 0.5) is 23.0 Å². The molecule has 2 heterocycles. The number of carbonyl (C=O) groups is 2. The highest BCUT2D eigenvalue weighted by Crippen LogP contribution is 2.36. The maximum absolute atomic E-state index is 11.4. The molecule has 0 spiro atoms. The summed E-state index contributed by atoms with van der Waals surface area (Å²) in [6, 6.07) is 21.0. The normalized spacial score (nSPS) is 12.2. The first kappa shape index (κ1) is 40.2. The lowest BCUT2D eigenvalue weighted by Crippen LogP contribution is -2.17. The highest BCUT2D eigenvalue weighted by Gasteiger charge is 2.14. The van der Waals surface area contributed by atoms with Crippen molar-refractivity contribution in [3.05, 3.63) is 96.6 Å². The molecule has 0 atom stereocenters. The van der Waals surface area contributed by atoms with E-state index in [1.54, 1.807) is 24.5 Å². The van der Waals surface area contributed by atoms with Crippen molar-refractivity contribution < 1.29 is 46.7 Å². The third kappa shape index (κ3) is 15.0. The summed E-state index contributed by atoms with van der Waals surface area (Å²) in [4.78, 5) is 39.6. The average molecular weight is 888 g/mol. The van der Waals surface area contributed by atoms with Crippen molar-refractivity contribution in [2.45, 2.75) is 71.1 Å². The van der Waals surface area contributed by atoms with Crippen LogP contribution >= 0.6 is 0 Å². The second kappa shape index (κ2) is 26.1. The number of esters is 1. The molecule has 6 rings (SSSR count). The molecule has 6 aromatic rings. The van der Waals surface area contributed by atoms with E-state index in [-0.39, 0.29) is 35.4 Å². The van der Waals surface area contributed by atoms with E-state index < -0.39 is 20.0 Å². The van der Waals surface area contributed by atoms with Gasteiger partial charge in [-0.15, -0.1) is 12.8 Å². The zero-order valence-electron chi connectivity index (χ0n) is 42.0. The molecule has 2 aromatic heterocycles. The molecule has 1 amide bonds. The summed E-state index contributed by atoms with van der Waals surface area (Å²) in [5, 5.41) is 16.2. The molecule has 4 aromatic carbocycles. The Labute approximate surface area is 388 Å². The van der Waals surface area contributed by atoms with Crippen molar-refractivity contribution >= 4 is 56.7 Å². The fraction of sp³-hybridized carbons (Fsp3) is 0.320. The molecule has 65 heavy (non-hydrogen) atoms. The van der Waals surface area contributed by atoms with Crippen LogP contribution in [-0.2, 0) is 14.3 Å². The Balaban J connectivity index is 0.000000264. The van der Waals surface area contributed by atoms with Crippen molar-refractivity contribution in [2.75, 3.05) is 44.5 Å². The SMILES string of the molecule is [2H]C([2H])([2H])Oc1cc2ncnc(Nc3cccc(C#C)c3)c2cc1OCCCCCCC(=O)NO.[2H]C([2H])([2H])Oc1cc2ncnc(Nc3cccc(C#C)c3)c2cc1OCCCCCCC(=O)OCC. The Morgan fingerprint density at radius 3 is 1.60 bits per heavy atom. The lowest BCUT2D eigenvalue weighted by molar-refractivity contribution is -0.143. The number of amides is 1. The number of methoxy groups -OCH3 is 2. The second-order valence-electron chi connectivity index (χ2n) is 14.3. The number of ether oxygens (including phenoxy) is 5. The fourth-order valence-electron chi connectivity index (χ4n) is 6.48. The molecule has 0 aliphatic carbocycles. The van der Waals surface area contributed by atoms with E-state index in [4.69, 9.17) is 50.0 Å². The molecule has 0 bridgehead atoms. The smallest absolute Gasteiger partial charge is 0.305 e. The van der Waals surface area contributed by atoms with Gasteiger partial charge in [-0.25, -0.2) is 25.4 Å². The number of aromatic nitrogens is 4. The monoisotopic (exact) mass is 887 g/mol. The number of hydrogen-bond acceptors (Lipinski definition) is 14. The van der Waals surface area contributed by atoms with Gasteiger partial charge in [0.2, 0.25) is 5.91 Å². The molecule has 0 saturated heterocycles. The van der Waals surface area contributed by atoms with Gasteiger partial charge in [-0.1, -0.05) is 49.7 Å². The molecule has 4 N–H and O–H groups in total. The zero-order valence-corrected chi connectivity index (χ0v) is 36.0. The Bertz CT molecular complexity index is 2820. The van der Waals surface area contributed by atoms with E-state index in [0.717, 1.165) is 55.5 Å². The maximum atomic E-state index is 11.4. The summed E-state index contributed by atoms with van der Waals surface area (Å²) in [5.74, 6) is 6.24. The summed E-state index contributed by atoms with van der Waals surface area (Å²) in [6.07, 6.45) is 20.5. The average Bonchev–Trinajstić information content (AvgIpc) is 3.33. The van der Waals surface area contributed by atoms with Gasteiger partial charge in [-0.2, -0.15) is 0 Å². The van der Waals surface area contributed by atoms with Gasteiger partial charge in [0.15, 0.2) is 23.0 Å². The lowest BCUT2D eigenvalue weighted by atomic mass is 10.1. The number of anilines is 4. The molecule has 338 valence electrons. The second-order valence-corrected chi connectivity index (χ2v) is 14.3. The first-order valence-corrected chi connectivity index (χ1v) is 21.0. The van der Waals surface area contributed by atoms with Gasteiger partial charge >= 0.3 is 5.97 Å². The summed E-state index contributed by atoms with van der Waals surface area (Å²) in [7, 11) is -5.31. The van der Waals surface area contributed by atoms with Crippen LogP contribution in [-0.4, -0.2) is 70.9 Å². The number of unbranched alkanes of at least 4 members (excludes halogenated alkanes) is 6. The number of nitrogens with zero attached hydrogens (tertiary/aromatic N) is 4. The van der Waals surface area contributed by atoms with Crippen molar-refractivity contribution in [1.29, 1.82) is 0 Å². The Morgan fingerprint density at radius 2 is 1.14 bits per heavy atom. The molecule has 0 aliphatic rings. The van der Waals surface area contributed by atoms with Gasteiger partial charge in [0.1, 0.15) is 24.3 Å². The zero-order chi connectivity index (χ0) is 51.2. The molecule has 15 nitrogen and oxygen atoms in total. The van der Waals surface area contributed by atoms with Crippen LogP contribution in [0.5, 0.6) is 23.0 Å². The highest BCUT2D eigenvalue weighted by atomic mass is 16.5. The van der Waals surface area contributed by atoms with E-state index >= 15 is 0 Å². The summed E-state index contributed by atoms with van der Waals surface area (Å²) in [6.45, 7) is 2.84. The molecule has 0 radical (unpaired) electrons. The molecule has 15 heteroatoms. The van der Waals surface area contributed by atoms with Crippen LogP contribution in [0, 0.1) is 24.7 Å². The molecular weight excluding hydrogens is 827 g/mol. The van der Waals surface area contributed by atoms with Gasteiger partial charge in [0.05, 0.1) is 53.2 Å². The van der Waals surface area contributed by atoms with Crippen LogP contribution in [0.1, 0.15) is 90.5 Å². The number of rotatable bonds is 23. The fourth-order valence-corrected chi connectivity index (χ4v) is 6.48. The summed E-state index contributed by atoms with van der Waals surface area (Å²) in [5.41, 5.74) is 5.49. The Kier molecular flexibility index (Phi) is 16.1. The Morgan fingerprint density at radius 1 is 0.646 bits per heavy atom. The van der Waals surface area contributed by atoms with Crippen LogP contribution in [0.3, 0.4) is 0 Å². The minimum absolute atomic E-state index is 0.0519. The first-order valence-electron chi connectivity index (χ1n) is 24.0. The van der Waals surface area contributed by atoms with Crippen molar-refractivity contribution in [3.8, 4) is 47.7 Å². The molecular formula is C50H55N7O8. The number of hydroxylamine groups is 1. The maximum Gasteiger partial charge on any atom is 0.305 e. The number of nitrogens with one attached hydrogen (secondary N) is 3. The lowest BCUT2D eigenvalue weighted by Gasteiger charge is -2.14. The van der Waals surface area contributed by atoms with Crippen LogP contribution in [0.25, 0.3) is 21.8 Å². The van der Waals surface area contributed by atoms with E-state index in [1.165, 1.54) is 24.8 Å². The topological polar surface area (TPSA) is 188 Å². The van der Waals surface area contributed by atoms with Gasteiger partial charge < -0.3 is 34.3 Å². The number of fused-ring (bicyclic) bond motifs is 2. The predicted octanol–water partition coefficient (Wildman–Crippen LogP) is 9.45. The first-order chi connectivity index (χ1) is 34.1. The molecule has 0 aliphatic heterocycles. The standard InChI is InChI=1S/C26H29N3O4.C24H26N4O4/c1-4-19-11-10-12-20(15-19)29-26-21-16-24(23(31-3)17-22(21)27-18-28-26)33-14-9-7-6-8-13-25(30)32-5-2;1-3-17-9-8-10-18(13-17)27-24-19-14-22(21(31-2)15-20(19)25-16-26-24)32-12-7-5-4-6-11-23(29)28-30/h1,10-12,15-18H,5-9,13-14H2,2-3H3,(H,27,28,29);1,8-10,13-16,30H,4-7,11-12H2,2H3,(H,28,29)(H,25,26,27)/i3D3;2D3. The number of benzene rings is 4. The largest absolute Gasteiger partial charge is 0.493 e. The number of hydrogen-bond donors (Lipinski definition) is 4. The van der Waals surface area contributed by atoms with E-state index in [2.05, 4.69) is 42.4 Å². The third-order valence-electron chi connectivity index (χ3n) is 9.72. The molecule has 0 saturated carbocycles. The molecule has 0 unspecified atom stereocenters. The summed E-state index contributed by atoms with van der Waals surface area (Å²) >= 11 is 0. The molecule has 0 fully saturated rings. The highest BCUT2D eigenvalue weighted by molar-refractivity contribution is 5.94. The van der Waals surface area contributed by atoms with Crippen molar-refractivity contribution in [1.82, 2.24) is 25.4 Å². The van der Waals surface area contributed by atoms with Crippen LogP contribution in [0.2, 0.25) is 0 Å². The van der Waals surface area contributed by atoms with Gasteiger partial charge in [0, 0.05) is 58.2 Å². The van der Waals surface area contributed by atoms with Crippen molar-refractivity contribution in [2.24, 2.45) is 0 Å². The number of carbonyl (C=O) groups excluding carboxylic acids is 2. The van der Waals surface area contributed by atoms with Gasteiger partial charge in [0.25, 0.3) is 0 Å². The van der Waals surface area contributed by atoms with Crippen LogP contribution < -0.4 is 35.1 Å². The quantitative estimate of drug-likeness (QED) is 0.0157. The summed E-state index contributed by atoms with van der Waals surface area (Å²) < 4.78 is 72.1. The minimum Gasteiger partial charge on any atom is -0.493 e. The Hall–Kier alpha value is -7.62. The van der Waals surface area contributed by atoms with E-state index in [0.29, 0.717) is 78.1 Å².